The molecule has 28 heavy (non-hydrogen) atoms. The highest BCUT2D eigenvalue weighted by Gasteiger charge is 2.33. The molecule has 3 rings (SSSR count). The molecule has 0 saturated carbocycles. The highest BCUT2D eigenvalue weighted by Crippen LogP contribution is 2.30. The predicted octanol–water partition coefficient (Wildman–Crippen LogP) is 3.43. The summed E-state index contributed by atoms with van der Waals surface area (Å²) < 4.78 is 57.0. The minimum Gasteiger partial charge on any atom is -0.406 e. The van der Waals surface area contributed by atoms with Gasteiger partial charge in [-0.3, -0.25) is 4.79 Å². The molecule has 2 heterocycles. The third-order valence-electron chi connectivity index (χ3n) is 4.00. The fourth-order valence-corrected chi connectivity index (χ4v) is 2.80. The van der Waals surface area contributed by atoms with E-state index in [0.717, 1.165) is 12.1 Å². The fourth-order valence-electron chi connectivity index (χ4n) is 2.80. The van der Waals surface area contributed by atoms with Crippen molar-refractivity contribution in [2.45, 2.75) is 39.0 Å². The van der Waals surface area contributed by atoms with E-state index in [1.165, 1.54) is 12.1 Å². The molecule has 0 spiro atoms. The van der Waals surface area contributed by atoms with Gasteiger partial charge in [0.1, 0.15) is 17.4 Å². The Balaban J connectivity index is 1.72. The maximum Gasteiger partial charge on any atom is 0.573 e. The van der Waals surface area contributed by atoms with Crippen molar-refractivity contribution in [3.05, 3.63) is 35.5 Å². The minimum atomic E-state index is -4.78. The molecule has 7 nitrogen and oxygen atoms in total. The van der Waals surface area contributed by atoms with Crippen LogP contribution in [0.1, 0.15) is 29.9 Å². The molecule has 1 aromatic heterocycles. The van der Waals surface area contributed by atoms with Crippen LogP contribution in [-0.4, -0.2) is 42.5 Å². The Morgan fingerprint density at radius 2 is 2.00 bits per heavy atom. The van der Waals surface area contributed by atoms with Gasteiger partial charge >= 0.3 is 6.36 Å². The average molecular weight is 400 g/mol. The van der Waals surface area contributed by atoms with Crippen LogP contribution in [-0.2, 0) is 9.47 Å². The second-order valence-electron chi connectivity index (χ2n) is 6.71. The van der Waals surface area contributed by atoms with Gasteiger partial charge in [-0.2, -0.15) is 0 Å². The zero-order valence-electron chi connectivity index (χ0n) is 15.4. The Morgan fingerprint density at radius 3 is 2.57 bits per heavy atom. The largest absolute Gasteiger partial charge is 0.573 e. The first-order valence-electron chi connectivity index (χ1n) is 8.46. The van der Waals surface area contributed by atoms with Crippen LogP contribution in [0.25, 0.3) is 11.3 Å². The van der Waals surface area contributed by atoms with Gasteiger partial charge in [0.15, 0.2) is 11.5 Å². The van der Waals surface area contributed by atoms with Crippen molar-refractivity contribution in [1.29, 1.82) is 0 Å². The number of nitrogens with one attached hydrogen (secondary N) is 1. The van der Waals surface area contributed by atoms with Gasteiger partial charge in [-0.05, 0) is 45.0 Å². The molecule has 1 atom stereocenters. The molecule has 1 aliphatic heterocycles. The number of aryl methyl sites for hydroxylation is 1. The lowest BCUT2D eigenvalue weighted by Gasteiger charge is -2.17. The molecule has 0 aliphatic carbocycles. The van der Waals surface area contributed by atoms with E-state index in [2.05, 4.69) is 15.2 Å². The van der Waals surface area contributed by atoms with E-state index in [4.69, 9.17) is 14.0 Å². The molecular weight excluding hydrogens is 381 g/mol. The fraction of sp³-hybridized carbons (Fsp3) is 0.444. The van der Waals surface area contributed by atoms with Crippen molar-refractivity contribution in [3.8, 4) is 17.1 Å². The minimum absolute atomic E-state index is 0.150. The molecule has 1 fully saturated rings. The molecule has 0 bridgehead atoms. The SMILES string of the molecule is Cc1noc(-c2ccc(OC(F)(F)F)cc2)c1C(=O)NCC1COC(C)(C)O1. The van der Waals surface area contributed by atoms with Crippen LogP contribution in [0.5, 0.6) is 5.75 Å². The number of aromatic nitrogens is 1. The topological polar surface area (TPSA) is 82.8 Å². The smallest absolute Gasteiger partial charge is 0.406 e. The number of alkyl halides is 3. The van der Waals surface area contributed by atoms with Crippen molar-refractivity contribution >= 4 is 5.91 Å². The third kappa shape index (κ3) is 4.82. The second-order valence-corrected chi connectivity index (χ2v) is 6.71. The summed E-state index contributed by atoms with van der Waals surface area (Å²) in [4.78, 5) is 12.6. The molecule has 1 aromatic carbocycles. The first kappa shape index (κ1) is 20.2. The normalized spacial score (nSPS) is 18.9. The van der Waals surface area contributed by atoms with Crippen LogP contribution in [0, 0.1) is 6.92 Å². The summed E-state index contributed by atoms with van der Waals surface area (Å²) >= 11 is 0. The van der Waals surface area contributed by atoms with Crippen LogP contribution in [0.15, 0.2) is 28.8 Å². The molecule has 1 N–H and O–H groups in total. The van der Waals surface area contributed by atoms with Gasteiger partial charge in [-0.1, -0.05) is 5.16 Å². The summed E-state index contributed by atoms with van der Waals surface area (Å²) in [7, 11) is 0. The molecule has 152 valence electrons. The van der Waals surface area contributed by atoms with Gasteiger partial charge in [0, 0.05) is 12.1 Å². The molecule has 2 aromatic rings. The first-order valence-corrected chi connectivity index (χ1v) is 8.46. The maximum absolute atomic E-state index is 12.6. The van der Waals surface area contributed by atoms with Crippen LogP contribution in [0.3, 0.4) is 0 Å². The Bertz CT molecular complexity index is 846. The Labute approximate surface area is 158 Å². The van der Waals surface area contributed by atoms with Crippen molar-refractivity contribution in [1.82, 2.24) is 10.5 Å². The molecular formula is C18H19F3N2O5. The Morgan fingerprint density at radius 1 is 1.32 bits per heavy atom. The number of hydrogen-bond donors (Lipinski definition) is 1. The molecule has 1 aliphatic rings. The number of carbonyl (C=O) groups excluding carboxylic acids is 1. The highest BCUT2D eigenvalue weighted by atomic mass is 19.4. The van der Waals surface area contributed by atoms with Crippen molar-refractivity contribution in [3.63, 3.8) is 0 Å². The number of amides is 1. The van der Waals surface area contributed by atoms with E-state index in [1.807, 2.05) is 0 Å². The van der Waals surface area contributed by atoms with Gasteiger partial charge < -0.3 is 24.1 Å². The van der Waals surface area contributed by atoms with Gasteiger partial charge in [0.05, 0.1) is 12.3 Å². The van der Waals surface area contributed by atoms with Crippen LogP contribution in [0.2, 0.25) is 0 Å². The number of carbonyl (C=O) groups is 1. The van der Waals surface area contributed by atoms with Gasteiger partial charge in [-0.25, -0.2) is 0 Å². The Hall–Kier alpha value is -2.59. The molecule has 1 amide bonds. The second kappa shape index (κ2) is 7.44. The summed E-state index contributed by atoms with van der Waals surface area (Å²) in [6.45, 7) is 5.74. The zero-order chi connectivity index (χ0) is 20.5. The third-order valence-corrected chi connectivity index (χ3v) is 4.00. The standard InChI is InChI=1S/C18H19F3N2O5/c1-10-14(16(24)22-8-13-9-25-17(2,3)26-13)15(28-23-10)11-4-6-12(7-5-11)27-18(19,20)21/h4-7,13H,8-9H2,1-3H3,(H,22,24). The van der Waals surface area contributed by atoms with E-state index >= 15 is 0 Å². The van der Waals surface area contributed by atoms with E-state index in [-0.39, 0.29) is 29.7 Å². The monoisotopic (exact) mass is 400 g/mol. The molecule has 1 saturated heterocycles. The number of halogens is 3. The van der Waals surface area contributed by atoms with E-state index < -0.39 is 18.1 Å². The highest BCUT2D eigenvalue weighted by molar-refractivity contribution is 6.00. The van der Waals surface area contributed by atoms with Gasteiger partial charge in [0.25, 0.3) is 5.91 Å². The van der Waals surface area contributed by atoms with Crippen LogP contribution < -0.4 is 10.1 Å². The summed E-state index contributed by atoms with van der Waals surface area (Å²) in [6.07, 6.45) is -5.07. The molecule has 0 radical (unpaired) electrons. The lowest BCUT2D eigenvalue weighted by Crippen LogP contribution is -2.34. The first-order chi connectivity index (χ1) is 13.0. The van der Waals surface area contributed by atoms with Gasteiger partial charge in [-0.15, -0.1) is 13.2 Å². The number of nitrogens with zero attached hydrogens (tertiary/aromatic N) is 1. The average Bonchev–Trinajstić information content (AvgIpc) is 3.14. The van der Waals surface area contributed by atoms with Crippen LogP contribution in [0.4, 0.5) is 13.2 Å². The molecule has 10 heteroatoms. The van der Waals surface area contributed by atoms with Crippen LogP contribution >= 0.6 is 0 Å². The zero-order valence-corrected chi connectivity index (χ0v) is 15.4. The number of hydrogen-bond acceptors (Lipinski definition) is 6. The van der Waals surface area contributed by atoms with Crippen molar-refractivity contribution < 1.29 is 36.7 Å². The quantitative estimate of drug-likeness (QED) is 0.828. The Kier molecular flexibility index (Phi) is 5.35. The number of ether oxygens (including phenoxy) is 3. The molecule has 1 unspecified atom stereocenters. The summed E-state index contributed by atoms with van der Waals surface area (Å²) in [5.74, 6) is -1.36. The van der Waals surface area contributed by atoms with Crippen molar-refractivity contribution in [2.24, 2.45) is 0 Å². The lowest BCUT2D eigenvalue weighted by atomic mass is 10.1. The van der Waals surface area contributed by atoms with E-state index in [0.29, 0.717) is 17.9 Å². The summed E-state index contributed by atoms with van der Waals surface area (Å²) in [5, 5.41) is 6.54. The summed E-state index contributed by atoms with van der Waals surface area (Å²) in [5.41, 5.74) is 0.941. The van der Waals surface area contributed by atoms with E-state index in [1.54, 1.807) is 20.8 Å². The van der Waals surface area contributed by atoms with Gasteiger partial charge in [0.2, 0.25) is 0 Å². The number of benzene rings is 1. The summed E-state index contributed by atoms with van der Waals surface area (Å²) in [6, 6.07) is 4.98. The van der Waals surface area contributed by atoms with E-state index in [9.17, 15) is 18.0 Å². The number of rotatable bonds is 5. The predicted molar refractivity (Wildman–Crippen MR) is 90.6 cm³/mol. The van der Waals surface area contributed by atoms with Crippen molar-refractivity contribution in [2.75, 3.05) is 13.2 Å². The maximum atomic E-state index is 12.6. The lowest BCUT2D eigenvalue weighted by molar-refractivity contribution is -0.274.